The molecule has 1 aliphatic rings. The van der Waals surface area contributed by atoms with Crippen molar-refractivity contribution in [3.8, 4) is 11.5 Å². The van der Waals surface area contributed by atoms with Crippen molar-refractivity contribution in [2.75, 3.05) is 26.2 Å². The molecule has 4 aromatic rings. The minimum atomic E-state index is -3.52. The number of piperazine rings is 1. The van der Waals surface area contributed by atoms with Crippen LogP contribution in [0, 0.1) is 0 Å². The van der Waals surface area contributed by atoms with Crippen molar-refractivity contribution in [3.63, 3.8) is 0 Å². The summed E-state index contributed by atoms with van der Waals surface area (Å²) in [5.74, 6) is 1.10. The van der Waals surface area contributed by atoms with E-state index in [0.29, 0.717) is 49.3 Å². The summed E-state index contributed by atoms with van der Waals surface area (Å²) < 4.78 is 33.2. The van der Waals surface area contributed by atoms with E-state index in [1.54, 1.807) is 16.4 Å². The maximum atomic E-state index is 13.1. The summed E-state index contributed by atoms with van der Waals surface area (Å²) in [4.78, 5) is 6.95. The van der Waals surface area contributed by atoms with Gasteiger partial charge in [0.15, 0.2) is 5.82 Å². The molecule has 1 saturated heterocycles. The highest BCUT2D eigenvalue weighted by Gasteiger charge is 2.29. The van der Waals surface area contributed by atoms with Gasteiger partial charge in [-0.25, -0.2) is 8.42 Å². The zero-order chi connectivity index (χ0) is 21.3. The summed E-state index contributed by atoms with van der Waals surface area (Å²) in [7, 11) is -3.52. The van der Waals surface area contributed by atoms with Gasteiger partial charge in [-0.05, 0) is 35.0 Å². The Balaban J connectivity index is 1.24. The van der Waals surface area contributed by atoms with E-state index < -0.39 is 10.0 Å². The Morgan fingerprint density at radius 2 is 1.55 bits per heavy atom. The molecule has 8 heteroatoms. The lowest BCUT2D eigenvalue weighted by molar-refractivity contribution is 0.176. The third-order valence-electron chi connectivity index (χ3n) is 5.54. The first-order chi connectivity index (χ1) is 15.1. The minimum Gasteiger partial charge on any atom is -0.334 e. The molecule has 0 radical (unpaired) electrons. The smallest absolute Gasteiger partial charge is 0.257 e. The maximum absolute atomic E-state index is 13.1. The van der Waals surface area contributed by atoms with Crippen molar-refractivity contribution in [1.29, 1.82) is 0 Å². The lowest BCUT2D eigenvalue weighted by Crippen LogP contribution is -2.48. The molecule has 0 unspecified atom stereocenters. The molecule has 1 aromatic heterocycles. The van der Waals surface area contributed by atoms with Crippen LogP contribution in [0.2, 0.25) is 0 Å². The average molecular weight is 435 g/mol. The molecular weight excluding hydrogens is 412 g/mol. The zero-order valence-corrected chi connectivity index (χ0v) is 17.7. The summed E-state index contributed by atoms with van der Waals surface area (Å²) in [5, 5.41) is 6.02. The second-order valence-corrected chi connectivity index (χ2v) is 9.51. The van der Waals surface area contributed by atoms with E-state index in [-0.39, 0.29) is 0 Å². The molecule has 5 rings (SSSR count). The lowest BCUT2D eigenvalue weighted by Gasteiger charge is -2.33. The number of nitrogens with zero attached hydrogens (tertiary/aromatic N) is 4. The summed E-state index contributed by atoms with van der Waals surface area (Å²) >= 11 is 0. The first-order valence-corrected chi connectivity index (χ1v) is 11.6. The van der Waals surface area contributed by atoms with E-state index >= 15 is 0 Å². The van der Waals surface area contributed by atoms with Gasteiger partial charge in [0.2, 0.25) is 10.0 Å². The molecule has 0 saturated carbocycles. The molecule has 0 N–H and O–H groups in total. The van der Waals surface area contributed by atoms with Crippen molar-refractivity contribution in [2.24, 2.45) is 0 Å². The maximum Gasteiger partial charge on any atom is 0.257 e. The summed E-state index contributed by atoms with van der Waals surface area (Å²) in [6, 6.07) is 22.7. The van der Waals surface area contributed by atoms with E-state index in [2.05, 4.69) is 15.0 Å². The third-order valence-corrected chi connectivity index (χ3v) is 7.44. The second kappa shape index (κ2) is 8.22. The van der Waals surface area contributed by atoms with E-state index in [1.165, 1.54) is 0 Å². The van der Waals surface area contributed by atoms with Gasteiger partial charge in [0.05, 0.1) is 11.4 Å². The molecule has 1 fully saturated rings. The molecule has 7 nitrogen and oxygen atoms in total. The summed E-state index contributed by atoms with van der Waals surface area (Å²) in [6.07, 6.45) is 0. The lowest BCUT2D eigenvalue weighted by atomic mass is 10.1. The van der Waals surface area contributed by atoms with Gasteiger partial charge in [0, 0.05) is 31.7 Å². The molecule has 0 aliphatic carbocycles. The van der Waals surface area contributed by atoms with Gasteiger partial charge in [-0.1, -0.05) is 53.7 Å². The molecule has 0 bridgehead atoms. The molecule has 1 aliphatic heterocycles. The van der Waals surface area contributed by atoms with Crippen LogP contribution in [0.3, 0.4) is 0 Å². The predicted molar refractivity (Wildman–Crippen MR) is 118 cm³/mol. The number of rotatable bonds is 5. The molecule has 158 valence electrons. The van der Waals surface area contributed by atoms with Crippen molar-refractivity contribution in [2.45, 2.75) is 11.4 Å². The number of sulfonamides is 1. The second-order valence-electron chi connectivity index (χ2n) is 7.57. The van der Waals surface area contributed by atoms with Gasteiger partial charge in [-0.2, -0.15) is 9.29 Å². The van der Waals surface area contributed by atoms with Crippen LogP contribution in [0.5, 0.6) is 0 Å². The van der Waals surface area contributed by atoms with E-state index in [4.69, 9.17) is 4.52 Å². The highest BCUT2D eigenvalue weighted by atomic mass is 32.2. The van der Waals surface area contributed by atoms with Gasteiger partial charge < -0.3 is 4.52 Å². The fourth-order valence-corrected chi connectivity index (χ4v) is 5.28. The van der Waals surface area contributed by atoms with Crippen LogP contribution in [0.1, 0.15) is 5.82 Å². The van der Waals surface area contributed by atoms with Gasteiger partial charge in [0.25, 0.3) is 5.89 Å². The minimum absolute atomic E-state index is 0.338. The fraction of sp³-hybridized carbons (Fsp3) is 0.217. The van der Waals surface area contributed by atoms with Crippen LogP contribution in [0.15, 0.2) is 82.2 Å². The number of aromatic nitrogens is 2. The third kappa shape index (κ3) is 4.10. The molecule has 0 atom stereocenters. The van der Waals surface area contributed by atoms with E-state index in [9.17, 15) is 8.42 Å². The Morgan fingerprint density at radius 1 is 0.839 bits per heavy atom. The fourth-order valence-electron chi connectivity index (χ4n) is 3.82. The van der Waals surface area contributed by atoms with Crippen molar-refractivity contribution in [3.05, 3.63) is 78.6 Å². The average Bonchev–Trinajstić information content (AvgIpc) is 3.28. The van der Waals surface area contributed by atoms with Crippen molar-refractivity contribution >= 4 is 20.8 Å². The van der Waals surface area contributed by atoms with Crippen LogP contribution in [0.4, 0.5) is 0 Å². The number of benzene rings is 3. The molecule has 3 aromatic carbocycles. The van der Waals surface area contributed by atoms with Gasteiger partial charge in [0.1, 0.15) is 0 Å². The number of fused-ring (bicyclic) bond motifs is 1. The quantitative estimate of drug-likeness (QED) is 0.479. The summed E-state index contributed by atoms with van der Waals surface area (Å²) in [5.41, 5.74) is 0.882. The number of hydrogen-bond acceptors (Lipinski definition) is 6. The highest BCUT2D eigenvalue weighted by Crippen LogP contribution is 2.23. The molecule has 0 amide bonds. The molecule has 31 heavy (non-hydrogen) atoms. The molecule has 0 spiro atoms. The first-order valence-electron chi connectivity index (χ1n) is 10.2. The van der Waals surface area contributed by atoms with E-state index in [0.717, 1.165) is 16.3 Å². The normalized spacial score (nSPS) is 16.0. The monoisotopic (exact) mass is 434 g/mol. The van der Waals surface area contributed by atoms with Crippen LogP contribution in [-0.2, 0) is 16.6 Å². The predicted octanol–water partition coefficient (Wildman–Crippen LogP) is 3.40. The number of hydrogen-bond donors (Lipinski definition) is 0. The Kier molecular flexibility index (Phi) is 5.27. The Labute approximate surface area is 181 Å². The largest absolute Gasteiger partial charge is 0.334 e. The van der Waals surface area contributed by atoms with Crippen molar-refractivity contribution < 1.29 is 12.9 Å². The SMILES string of the molecule is O=S(=O)(c1ccc2ccccc2c1)N1CCN(Cc2noc(-c3ccccc3)n2)CC1. The Morgan fingerprint density at radius 3 is 2.32 bits per heavy atom. The van der Waals surface area contributed by atoms with Gasteiger partial charge in [-0.3, -0.25) is 4.90 Å². The van der Waals surface area contributed by atoms with Crippen LogP contribution in [0.25, 0.3) is 22.2 Å². The summed E-state index contributed by atoms with van der Waals surface area (Å²) in [6.45, 7) is 2.61. The standard InChI is InChI=1S/C23H22N4O3S/c28-31(29,21-11-10-18-6-4-5-9-20(18)16-21)27-14-12-26(13-15-27)17-22-24-23(30-25-22)19-7-2-1-3-8-19/h1-11,16H,12-15,17H2. The Bertz CT molecular complexity index is 1300. The molecule has 2 heterocycles. The first kappa shape index (κ1) is 19.9. The van der Waals surface area contributed by atoms with Crippen LogP contribution in [-0.4, -0.2) is 53.9 Å². The van der Waals surface area contributed by atoms with Crippen molar-refractivity contribution in [1.82, 2.24) is 19.3 Å². The van der Waals surface area contributed by atoms with Gasteiger partial charge >= 0.3 is 0 Å². The van der Waals surface area contributed by atoms with Crippen LogP contribution < -0.4 is 0 Å². The van der Waals surface area contributed by atoms with E-state index in [1.807, 2.05) is 60.7 Å². The highest BCUT2D eigenvalue weighted by molar-refractivity contribution is 7.89. The molecular formula is C23H22N4O3S. The topological polar surface area (TPSA) is 79.5 Å². The zero-order valence-electron chi connectivity index (χ0n) is 16.9. The van der Waals surface area contributed by atoms with Crippen LogP contribution >= 0.6 is 0 Å². The Hall–Kier alpha value is -3.07. The van der Waals surface area contributed by atoms with Gasteiger partial charge in [-0.15, -0.1) is 0 Å².